The number of aromatic nitrogens is 2. The van der Waals surface area contributed by atoms with Crippen LogP contribution in [0.15, 0.2) is 42.5 Å². The molecule has 0 aliphatic carbocycles. The smallest absolute Gasteiger partial charge is 0.154 e. The van der Waals surface area contributed by atoms with E-state index in [9.17, 15) is 0 Å². The Morgan fingerprint density at radius 1 is 0.839 bits per heavy atom. The number of benzene rings is 2. The predicted octanol–water partition coefficient (Wildman–Crippen LogP) is 6.34. The Bertz CT molecular complexity index is 986. The first-order valence-electron chi connectivity index (χ1n) is 11.6. The highest BCUT2D eigenvalue weighted by Crippen LogP contribution is 2.22. The van der Waals surface area contributed by atoms with Crippen LogP contribution in [-0.2, 0) is 0 Å². The maximum absolute atomic E-state index is 4.83. The molecular formula is C27H36N4. The highest BCUT2D eigenvalue weighted by atomic mass is 15.1. The van der Waals surface area contributed by atoms with Crippen LogP contribution in [0.2, 0.25) is 0 Å². The molecule has 1 aromatic heterocycles. The van der Waals surface area contributed by atoms with Crippen molar-refractivity contribution in [3.63, 3.8) is 0 Å². The van der Waals surface area contributed by atoms with Gasteiger partial charge < -0.3 is 10.2 Å². The third kappa shape index (κ3) is 6.90. The van der Waals surface area contributed by atoms with Crippen LogP contribution >= 0.6 is 0 Å². The molecule has 0 fully saturated rings. The standard InChI is InChI=1S/C27H36N4/c1-5-17-31(18-6-2)19-7-16-28-27-24-14-10-22(4)20-25(24)29-26(30-27)15-13-23-11-8-21(3)9-12-23/h8-15,20H,5-7,16-19H2,1-4H3,(H,28,29,30)/b15-13+. The van der Waals surface area contributed by atoms with E-state index >= 15 is 0 Å². The first-order chi connectivity index (χ1) is 15.1. The summed E-state index contributed by atoms with van der Waals surface area (Å²) in [5, 5.41) is 4.66. The number of rotatable bonds is 11. The van der Waals surface area contributed by atoms with Crippen LogP contribution in [0.25, 0.3) is 23.1 Å². The SMILES string of the molecule is CCCN(CCC)CCCNc1nc(/C=C/c2ccc(C)cc2)nc2cc(C)ccc12. The number of nitrogens with one attached hydrogen (secondary N) is 1. The molecule has 0 bridgehead atoms. The minimum Gasteiger partial charge on any atom is -0.369 e. The summed E-state index contributed by atoms with van der Waals surface area (Å²) in [5.41, 5.74) is 4.61. The Hall–Kier alpha value is -2.72. The van der Waals surface area contributed by atoms with Crippen LogP contribution in [0, 0.1) is 13.8 Å². The number of hydrogen-bond acceptors (Lipinski definition) is 4. The van der Waals surface area contributed by atoms with Gasteiger partial charge in [0.05, 0.1) is 5.52 Å². The Kier molecular flexibility index (Phi) is 8.60. The molecule has 4 heteroatoms. The Labute approximate surface area is 187 Å². The second kappa shape index (κ2) is 11.6. The minimum atomic E-state index is 0.736. The molecule has 3 aromatic rings. The molecule has 31 heavy (non-hydrogen) atoms. The Balaban J connectivity index is 1.75. The fourth-order valence-electron chi connectivity index (χ4n) is 3.79. The van der Waals surface area contributed by atoms with Crippen LogP contribution < -0.4 is 5.32 Å². The van der Waals surface area contributed by atoms with Gasteiger partial charge in [0.15, 0.2) is 5.82 Å². The summed E-state index contributed by atoms with van der Waals surface area (Å²) < 4.78 is 0. The lowest BCUT2D eigenvalue weighted by Gasteiger charge is -2.21. The van der Waals surface area contributed by atoms with Crippen molar-refractivity contribution >= 4 is 28.9 Å². The van der Waals surface area contributed by atoms with Gasteiger partial charge in [-0.25, -0.2) is 9.97 Å². The van der Waals surface area contributed by atoms with E-state index in [-0.39, 0.29) is 0 Å². The maximum Gasteiger partial charge on any atom is 0.154 e. The first-order valence-corrected chi connectivity index (χ1v) is 11.6. The fourth-order valence-corrected chi connectivity index (χ4v) is 3.79. The van der Waals surface area contributed by atoms with Crippen LogP contribution in [-0.4, -0.2) is 41.0 Å². The third-order valence-electron chi connectivity index (χ3n) is 5.40. The summed E-state index contributed by atoms with van der Waals surface area (Å²) in [5.74, 6) is 1.66. The summed E-state index contributed by atoms with van der Waals surface area (Å²) in [7, 11) is 0. The molecule has 0 saturated carbocycles. The van der Waals surface area contributed by atoms with E-state index in [1.807, 2.05) is 6.08 Å². The summed E-state index contributed by atoms with van der Waals surface area (Å²) in [6.07, 6.45) is 7.60. The lowest BCUT2D eigenvalue weighted by Crippen LogP contribution is -2.27. The summed E-state index contributed by atoms with van der Waals surface area (Å²) >= 11 is 0. The van der Waals surface area contributed by atoms with Crippen molar-refractivity contribution in [2.45, 2.75) is 47.0 Å². The number of nitrogens with zero attached hydrogens (tertiary/aromatic N) is 3. The van der Waals surface area contributed by atoms with E-state index in [0.29, 0.717) is 0 Å². The van der Waals surface area contributed by atoms with Crippen LogP contribution in [0.3, 0.4) is 0 Å². The lowest BCUT2D eigenvalue weighted by atomic mass is 10.1. The summed E-state index contributed by atoms with van der Waals surface area (Å²) in [6, 6.07) is 14.9. The average Bonchev–Trinajstić information content (AvgIpc) is 2.76. The van der Waals surface area contributed by atoms with Gasteiger partial charge in [0.2, 0.25) is 0 Å². The Morgan fingerprint density at radius 3 is 2.26 bits per heavy atom. The van der Waals surface area contributed by atoms with Crippen molar-refractivity contribution in [3.8, 4) is 0 Å². The topological polar surface area (TPSA) is 41.0 Å². The highest BCUT2D eigenvalue weighted by Gasteiger charge is 2.08. The molecule has 0 radical (unpaired) electrons. The van der Waals surface area contributed by atoms with Crippen molar-refractivity contribution in [2.75, 3.05) is 31.5 Å². The predicted molar refractivity (Wildman–Crippen MR) is 135 cm³/mol. The maximum atomic E-state index is 4.83. The number of aryl methyl sites for hydroxylation is 2. The molecular weight excluding hydrogens is 380 g/mol. The van der Waals surface area contributed by atoms with Gasteiger partial charge in [-0.15, -0.1) is 0 Å². The molecule has 0 aliphatic rings. The average molecular weight is 417 g/mol. The highest BCUT2D eigenvalue weighted by molar-refractivity contribution is 5.90. The van der Waals surface area contributed by atoms with Gasteiger partial charge in [0.25, 0.3) is 0 Å². The summed E-state index contributed by atoms with van der Waals surface area (Å²) in [6.45, 7) is 13.1. The van der Waals surface area contributed by atoms with Gasteiger partial charge in [0, 0.05) is 11.9 Å². The van der Waals surface area contributed by atoms with Crippen LogP contribution in [0.5, 0.6) is 0 Å². The van der Waals surface area contributed by atoms with E-state index in [2.05, 4.69) is 86.5 Å². The fraction of sp³-hybridized carbons (Fsp3) is 0.407. The second-order valence-corrected chi connectivity index (χ2v) is 8.32. The molecule has 0 atom stereocenters. The van der Waals surface area contributed by atoms with E-state index in [1.54, 1.807) is 0 Å². The molecule has 1 N–H and O–H groups in total. The molecule has 0 unspecified atom stereocenters. The molecule has 3 rings (SSSR count). The van der Waals surface area contributed by atoms with Crippen molar-refractivity contribution in [1.82, 2.24) is 14.9 Å². The van der Waals surface area contributed by atoms with E-state index < -0.39 is 0 Å². The van der Waals surface area contributed by atoms with Gasteiger partial charge >= 0.3 is 0 Å². The van der Waals surface area contributed by atoms with Crippen molar-refractivity contribution in [3.05, 3.63) is 65.0 Å². The van der Waals surface area contributed by atoms with Gasteiger partial charge in [-0.05, 0) is 82.1 Å². The molecule has 0 amide bonds. The first kappa shape index (κ1) is 23.0. The zero-order valence-electron chi connectivity index (χ0n) is 19.5. The van der Waals surface area contributed by atoms with Crippen LogP contribution in [0.4, 0.5) is 5.82 Å². The number of hydrogen-bond donors (Lipinski definition) is 1. The lowest BCUT2D eigenvalue weighted by molar-refractivity contribution is 0.274. The molecule has 4 nitrogen and oxygen atoms in total. The molecule has 0 saturated heterocycles. The van der Waals surface area contributed by atoms with Crippen molar-refractivity contribution in [2.24, 2.45) is 0 Å². The van der Waals surface area contributed by atoms with Gasteiger partial charge in [-0.2, -0.15) is 0 Å². The van der Waals surface area contributed by atoms with E-state index in [0.717, 1.165) is 47.6 Å². The third-order valence-corrected chi connectivity index (χ3v) is 5.40. The molecule has 0 aliphatic heterocycles. The number of anilines is 1. The molecule has 164 valence electrons. The number of fused-ring (bicyclic) bond motifs is 1. The van der Waals surface area contributed by atoms with Gasteiger partial charge in [0.1, 0.15) is 5.82 Å². The van der Waals surface area contributed by atoms with E-state index in [4.69, 9.17) is 9.97 Å². The van der Waals surface area contributed by atoms with Gasteiger partial charge in [-0.1, -0.05) is 55.8 Å². The zero-order chi connectivity index (χ0) is 22.1. The van der Waals surface area contributed by atoms with Crippen LogP contribution in [0.1, 0.15) is 55.6 Å². The molecule has 2 aromatic carbocycles. The normalized spacial score (nSPS) is 11.6. The van der Waals surface area contributed by atoms with Crippen molar-refractivity contribution < 1.29 is 0 Å². The second-order valence-electron chi connectivity index (χ2n) is 8.32. The van der Waals surface area contributed by atoms with Crippen molar-refractivity contribution in [1.29, 1.82) is 0 Å². The quantitative estimate of drug-likeness (QED) is 0.370. The van der Waals surface area contributed by atoms with Gasteiger partial charge in [-0.3, -0.25) is 0 Å². The minimum absolute atomic E-state index is 0.736. The Morgan fingerprint density at radius 2 is 1.55 bits per heavy atom. The molecule has 1 heterocycles. The summed E-state index contributed by atoms with van der Waals surface area (Å²) in [4.78, 5) is 12.2. The monoisotopic (exact) mass is 416 g/mol. The zero-order valence-corrected chi connectivity index (χ0v) is 19.5. The molecule has 0 spiro atoms. The largest absolute Gasteiger partial charge is 0.369 e. The van der Waals surface area contributed by atoms with E-state index in [1.165, 1.54) is 37.1 Å².